The number of benzene rings is 4. The van der Waals surface area contributed by atoms with Crippen LogP contribution in [0.25, 0.3) is 61.3 Å². The number of nitrogens with one attached hydrogen (secondary N) is 1. The molecule has 4 heteroatoms. The van der Waals surface area contributed by atoms with Gasteiger partial charge in [0, 0.05) is 28.2 Å². The first-order valence-corrected chi connectivity index (χ1v) is 12.0. The van der Waals surface area contributed by atoms with Crippen molar-refractivity contribution in [1.29, 1.82) is 0 Å². The van der Waals surface area contributed by atoms with Crippen molar-refractivity contribution < 1.29 is 0 Å². The van der Waals surface area contributed by atoms with Gasteiger partial charge in [-0.15, -0.1) is 0 Å². The average molecular weight is 463 g/mol. The molecule has 3 aromatic heterocycles. The summed E-state index contributed by atoms with van der Waals surface area (Å²) in [5, 5.41) is 10.2. The largest absolute Gasteiger partial charge is 0.294 e. The topological polar surface area (TPSA) is 46.5 Å². The highest BCUT2D eigenvalue weighted by atomic mass is 15.1. The second-order valence-electron chi connectivity index (χ2n) is 8.89. The van der Waals surface area contributed by atoms with E-state index in [2.05, 4.69) is 124 Å². The number of aromatic amines is 1. The number of pyridine rings is 1. The highest BCUT2D eigenvalue weighted by Crippen LogP contribution is 2.32. The lowest BCUT2D eigenvalue weighted by molar-refractivity contribution is 1.10. The van der Waals surface area contributed by atoms with Crippen molar-refractivity contribution in [2.45, 2.75) is 0 Å². The summed E-state index contributed by atoms with van der Waals surface area (Å²) in [6.45, 7) is 0. The summed E-state index contributed by atoms with van der Waals surface area (Å²) in [4.78, 5) is 4.71. The van der Waals surface area contributed by atoms with Crippen LogP contribution in [0.4, 0.5) is 0 Å². The first-order chi connectivity index (χ1) is 17.8. The van der Waals surface area contributed by atoms with Gasteiger partial charge < -0.3 is 0 Å². The van der Waals surface area contributed by atoms with E-state index in [1.807, 2.05) is 18.3 Å². The van der Waals surface area contributed by atoms with E-state index in [1.54, 1.807) is 0 Å². The van der Waals surface area contributed by atoms with Crippen LogP contribution < -0.4 is 0 Å². The third kappa shape index (κ3) is 3.39. The molecule has 0 fully saturated rings. The molecule has 7 aromatic rings. The van der Waals surface area contributed by atoms with Gasteiger partial charge in [-0.25, -0.2) is 4.98 Å². The van der Waals surface area contributed by atoms with Crippen LogP contribution >= 0.6 is 0 Å². The first kappa shape index (κ1) is 20.4. The molecule has 0 amide bonds. The third-order valence-electron chi connectivity index (χ3n) is 6.71. The van der Waals surface area contributed by atoms with Crippen LogP contribution in [-0.2, 0) is 0 Å². The number of hydrogen-bond donors (Lipinski definition) is 1. The lowest BCUT2D eigenvalue weighted by Crippen LogP contribution is -1.95. The molecule has 4 nitrogen and oxygen atoms in total. The normalized spacial score (nSPS) is 11.3. The van der Waals surface area contributed by atoms with E-state index in [-0.39, 0.29) is 0 Å². The predicted molar refractivity (Wildman–Crippen MR) is 147 cm³/mol. The Morgan fingerprint density at radius 3 is 2.17 bits per heavy atom. The van der Waals surface area contributed by atoms with Crippen molar-refractivity contribution in [2.75, 3.05) is 0 Å². The molecule has 170 valence electrons. The van der Waals surface area contributed by atoms with Crippen LogP contribution in [0, 0.1) is 0 Å². The molecule has 0 saturated heterocycles. The minimum atomic E-state index is 0.910. The van der Waals surface area contributed by atoms with Gasteiger partial charge in [-0.05, 0) is 53.1 Å². The van der Waals surface area contributed by atoms with Crippen LogP contribution in [0.5, 0.6) is 0 Å². The Balaban J connectivity index is 1.26. The Kier molecular flexibility index (Phi) is 4.74. The number of fused-ring (bicyclic) bond motifs is 3. The van der Waals surface area contributed by atoms with Crippen LogP contribution in [0.1, 0.15) is 0 Å². The van der Waals surface area contributed by atoms with E-state index in [0.717, 1.165) is 44.8 Å². The maximum absolute atomic E-state index is 4.71. The van der Waals surface area contributed by atoms with Gasteiger partial charge in [0.25, 0.3) is 0 Å². The molecule has 0 aliphatic carbocycles. The van der Waals surface area contributed by atoms with Crippen LogP contribution in [0.3, 0.4) is 0 Å². The number of aromatic nitrogens is 4. The Bertz CT molecular complexity index is 1770. The zero-order valence-corrected chi connectivity index (χ0v) is 19.5. The fourth-order valence-corrected chi connectivity index (χ4v) is 4.95. The van der Waals surface area contributed by atoms with Crippen LogP contribution in [0.15, 0.2) is 128 Å². The molecule has 1 N–H and O–H groups in total. The molecule has 0 spiro atoms. The summed E-state index contributed by atoms with van der Waals surface area (Å²) in [5.41, 5.74) is 9.64. The van der Waals surface area contributed by atoms with Crippen LogP contribution in [-0.4, -0.2) is 19.7 Å². The summed E-state index contributed by atoms with van der Waals surface area (Å²) in [6, 6.07) is 42.2. The van der Waals surface area contributed by atoms with Gasteiger partial charge in [-0.1, -0.05) is 84.9 Å². The van der Waals surface area contributed by atoms with Crippen LogP contribution in [0.2, 0.25) is 0 Å². The molecule has 0 radical (unpaired) electrons. The minimum Gasteiger partial charge on any atom is -0.294 e. The second kappa shape index (κ2) is 8.36. The van der Waals surface area contributed by atoms with Gasteiger partial charge in [0.05, 0.1) is 16.9 Å². The molecule has 36 heavy (non-hydrogen) atoms. The number of nitrogens with zero attached hydrogens (tertiary/aromatic N) is 3. The van der Waals surface area contributed by atoms with Gasteiger partial charge in [0.15, 0.2) is 0 Å². The zero-order valence-electron chi connectivity index (χ0n) is 19.5. The molecule has 4 aromatic carbocycles. The SMILES string of the molecule is c1ccc(-c2ccc(-c3cc(-c4cccc(-n5c6ccccc6c6cccnc65)c4)n[nH]3)cc2)cc1. The molecular formula is C32H22N4. The number of hydrogen-bond acceptors (Lipinski definition) is 2. The fraction of sp³-hybridized carbons (Fsp3) is 0. The zero-order chi connectivity index (χ0) is 23.9. The number of para-hydroxylation sites is 1. The maximum Gasteiger partial charge on any atom is 0.145 e. The predicted octanol–water partition coefficient (Wildman–Crippen LogP) is 7.90. The highest BCUT2D eigenvalue weighted by Gasteiger charge is 2.14. The van der Waals surface area contributed by atoms with Crippen molar-refractivity contribution in [1.82, 2.24) is 19.7 Å². The quantitative estimate of drug-likeness (QED) is 0.289. The van der Waals surface area contributed by atoms with Crippen molar-refractivity contribution in [3.05, 3.63) is 128 Å². The Morgan fingerprint density at radius 1 is 0.556 bits per heavy atom. The Hall–Kier alpha value is -4.96. The molecule has 0 unspecified atom stereocenters. The van der Waals surface area contributed by atoms with Crippen molar-refractivity contribution in [3.8, 4) is 39.3 Å². The van der Waals surface area contributed by atoms with E-state index >= 15 is 0 Å². The number of H-pyrrole nitrogens is 1. The Morgan fingerprint density at radius 2 is 1.28 bits per heavy atom. The Labute approximate surface area is 208 Å². The minimum absolute atomic E-state index is 0.910. The second-order valence-corrected chi connectivity index (χ2v) is 8.89. The van der Waals surface area contributed by atoms with Gasteiger partial charge >= 0.3 is 0 Å². The van der Waals surface area contributed by atoms with Crippen molar-refractivity contribution in [2.24, 2.45) is 0 Å². The van der Waals surface area contributed by atoms with E-state index in [1.165, 1.54) is 16.5 Å². The van der Waals surface area contributed by atoms with E-state index < -0.39 is 0 Å². The van der Waals surface area contributed by atoms with Gasteiger partial charge in [-0.2, -0.15) is 5.10 Å². The smallest absolute Gasteiger partial charge is 0.145 e. The molecule has 0 atom stereocenters. The fourth-order valence-electron chi connectivity index (χ4n) is 4.95. The summed E-state index contributed by atoms with van der Waals surface area (Å²) >= 11 is 0. The highest BCUT2D eigenvalue weighted by molar-refractivity contribution is 6.07. The molecule has 0 aliphatic rings. The van der Waals surface area contributed by atoms with Gasteiger partial charge in [0.2, 0.25) is 0 Å². The summed E-state index contributed by atoms with van der Waals surface area (Å²) in [7, 11) is 0. The lowest BCUT2D eigenvalue weighted by Gasteiger charge is -2.08. The van der Waals surface area contributed by atoms with Gasteiger partial charge in [-0.3, -0.25) is 9.67 Å². The number of rotatable bonds is 4. The van der Waals surface area contributed by atoms with Crippen molar-refractivity contribution in [3.63, 3.8) is 0 Å². The van der Waals surface area contributed by atoms with Gasteiger partial charge in [0.1, 0.15) is 5.65 Å². The molecule has 0 saturated carbocycles. The lowest BCUT2D eigenvalue weighted by atomic mass is 10.0. The first-order valence-electron chi connectivity index (χ1n) is 12.0. The molecule has 0 aliphatic heterocycles. The maximum atomic E-state index is 4.71. The van der Waals surface area contributed by atoms with E-state index in [0.29, 0.717) is 0 Å². The summed E-state index contributed by atoms with van der Waals surface area (Å²) < 4.78 is 2.23. The van der Waals surface area contributed by atoms with Crippen molar-refractivity contribution >= 4 is 21.9 Å². The monoisotopic (exact) mass is 462 g/mol. The third-order valence-corrected chi connectivity index (χ3v) is 6.71. The standard InChI is InChI=1S/C32H22N4/c1-2-8-22(9-3-1)23-15-17-24(18-16-23)29-21-30(35-34-29)25-10-6-11-26(20-25)36-31-14-5-4-12-27(31)28-13-7-19-33-32(28)36/h1-21H,(H,34,35). The molecule has 7 rings (SSSR count). The average Bonchev–Trinajstić information content (AvgIpc) is 3.58. The summed E-state index contributed by atoms with van der Waals surface area (Å²) in [5.74, 6) is 0. The van der Waals surface area contributed by atoms with E-state index in [9.17, 15) is 0 Å². The molecule has 0 bridgehead atoms. The molecular weight excluding hydrogens is 440 g/mol. The summed E-state index contributed by atoms with van der Waals surface area (Å²) in [6.07, 6.45) is 1.85. The molecule has 3 heterocycles. The van der Waals surface area contributed by atoms with E-state index in [4.69, 9.17) is 4.98 Å².